The highest BCUT2D eigenvalue weighted by molar-refractivity contribution is 9.11. The monoisotopic (exact) mass is 398 g/mol. The fourth-order valence-electron chi connectivity index (χ4n) is 1.64. The Balaban J connectivity index is 2.30. The van der Waals surface area contributed by atoms with Gasteiger partial charge in [-0.15, -0.1) is 0 Å². The number of hydrazine groups is 1. The summed E-state index contributed by atoms with van der Waals surface area (Å²) in [6.45, 7) is 1.83. The molecule has 0 spiro atoms. The van der Waals surface area contributed by atoms with Gasteiger partial charge in [0.05, 0.1) is 16.9 Å². The summed E-state index contributed by atoms with van der Waals surface area (Å²) < 4.78 is 1.66. The van der Waals surface area contributed by atoms with E-state index in [0.717, 1.165) is 14.6 Å². The number of carbonyl (C=O) groups excluding carboxylic acids is 1. The number of nitrogen functional groups attached to an aromatic ring is 1. The van der Waals surface area contributed by atoms with E-state index in [-0.39, 0.29) is 5.91 Å². The van der Waals surface area contributed by atoms with Gasteiger partial charge in [0.1, 0.15) is 0 Å². The third-order valence-electron chi connectivity index (χ3n) is 2.62. The lowest BCUT2D eigenvalue weighted by Crippen LogP contribution is -2.18. The number of rotatable bonds is 3. The van der Waals surface area contributed by atoms with E-state index in [1.54, 1.807) is 12.1 Å². The fraction of sp³-hybridized carbons (Fsp3) is 0.0769. The summed E-state index contributed by atoms with van der Waals surface area (Å²) in [7, 11) is 0. The molecular weight excluding hydrogens is 388 g/mol. The van der Waals surface area contributed by atoms with E-state index >= 15 is 0 Å². The van der Waals surface area contributed by atoms with Crippen LogP contribution in [0.3, 0.4) is 0 Å². The quantitative estimate of drug-likeness (QED) is 0.545. The van der Waals surface area contributed by atoms with Crippen molar-refractivity contribution < 1.29 is 4.79 Å². The molecule has 0 fully saturated rings. The van der Waals surface area contributed by atoms with Crippen molar-refractivity contribution in [2.75, 3.05) is 10.7 Å². The fourth-order valence-corrected chi connectivity index (χ4v) is 2.35. The number of pyridine rings is 1. The van der Waals surface area contributed by atoms with Crippen molar-refractivity contribution in [2.45, 2.75) is 6.92 Å². The first-order valence-corrected chi connectivity index (χ1v) is 7.29. The van der Waals surface area contributed by atoms with Crippen LogP contribution in [0.25, 0.3) is 0 Å². The number of nitrogens with zero attached hydrogens (tertiary/aromatic N) is 1. The van der Waals surface area contributed by atoms with Gasteiger partial charge in [-0.2, -0.15) is 0 Å². The van der Waals surface area contributed by atoms with Crippen molar-refractivity contribution in [3.05, 3.63) is 50.7 Å². The van der Waals surface area contributed by atoms with Crippen molar-refractivity contribution in [1.29, 1.82) is 0 Å². The van der Waals surface area contributed by atoms with Gasteiger partial charge in [-0.3, -0.25) is 15.6 Å². The number of nitrogens with one attached hydrogen (secondary N) is 2. The van der Waals surface area contributed by atoms with Crippen LogP contribution in [0.15, 0.2) is 39.4 Å². The Morgan fingerprint density at radius 3 is 2.70 bits per heavy atom. The van der Waals surface area contributed by atoms with Crippen LogP contribution in [0, 0.1) is 6.92 Å². The Hall–Kier alpha value is -1.44. The lowest BCUT2D eigenvalue weighted by atomic mass is 10.2. The molecule has 1 amide bonds. The number of hydrogen-bond donors (Lipinski definition) is 3. The highest BCUT2D eigenvalue weighted by atomic mass is 79.9. The molecule has 0 bridgehead atoms. The molecule has 0 aliphatic carbocycles. The molecule has 0 saturated carbocycles. The highest BCUT2D eigenvalue weighted by Gasteiger charge is 2.13. The van der Waals surface area contributed by atoms with Crippen molar-refractivity contribution in [1.82, 2.24) is 4.98 Å². The van der Waals surface area contributed by atoms with Gasteiger partial charge in [0.25, 0.3) is 5.91 Å². The molecule has 1 aromatic heterocycles. The van der Waals surface area contributed by atoms with E-state index < -0.39 is 0 Å². The maximum Gasteiger partial charge on any atom is 0.259 e. The van der Waals surface area contributed by atoms with Crippen LogP contribution in [-0.2, 0) is 0 Å². The van der Waals surface area contributed by atoms with Gasteiger partial charge >= 0.3 is 0 Å². The van der Waals surface area contributed by atoms with Gasteiger partial charge in [0, 0.05) is 20.8 Å². The van der Waals surface area contributed by atoms with Crippen LogP contribution in [0.5, 0.6) is 0 Å². The molecule has 0 aliphatic heterocycles. The second kappa shape index (κ2) is 6.34. The van der Waals surface area contributed by atoms with Crippen LogP contribution < -0.4 is 16.6 Å². The van der Waals surface area contributed by atoms with E-state index in [1.807, 2.05) is 19.1 Å². The summed E-state index contributed by atoms with van der Waals surface area (Å²) in [5, 5.41) is 2.81. The zero-order chi connectivity index (χ0) is 14.7. The minimum Gasteiger partial charge on any atom is -0.323 e. The minimum atomic E-state index is -0.288. The third kappa shape index (κ3) is 3.36. The molecule has 4 N–H and O–H groups in total. The lowest BCUT2D eigenvalue weighted by molar-refractivity contribution is 0.102. The van der Waals surface area contributed by atoms with E-state index in [2.05, 4.69) is 47.6 Å². The van der Waals surface area contributed by atoms with E-state index in [4.69, 9.17) is 5.84 Å². The first kappa shape index (κ1) is 15.0. The lowest BCUT2D eigenvalue weighted by Gasteiger charge is -2.11. The summed E-state index contributed by atoms with van der Waals surface area (Å²) in [4.78, 5) is 16.4. The molecule has 2 aromatic rings. The first-order valence-electron chi connectivity index (χ1n) is 5.71. The number of anilines is 2. The normalized spacial score (nSPS) is 10.2. The number of aryl methyl sites for hydroxylation is 1. The van der Waals surface area contributed by atoms with E-state index in [0.29, 0.717) is 16.9 Å². The molecule has 104 valence electrons. The molecule has 0 aliphatic rings. The number of nitrogens with two attached hydrogens (primary N) is 1. The van der Waals surface area contributed by atoms with Gasteiger partial charge < -0.3 is 10.7 Å². The second-order valence-electron chi connectivity index (χ2n) is 4.09. The summed E-state index contributed by atoms with van der Waals surface area (Å²) in [6.07, 6.45) is 1.49. The zero-order valence-corrected chi connectivity index (χ0v) is 13.7. The third-order valence-corrected chi connectivity index (χ3v) is 3.80. The van der Waals surface area contributed by atoms with Crippen LogP contribution in [0.1, 0.15) is 16.1 Å². The zero-order valence-electron chi connectivity index (χ0n) is 10.6. The molecule has 0 unspecified atom stereocenters. The van der Waals surface area contributed by atoms with Crippen molar-refractivity contribution >= 4 is 49.1 Å². The van der Waals surface area contributed by atoms with Crippen LogP contribution >= 0.6 is 31.9 Å². The summed E-state index contributed by atoms with van der Waals surface area (Å²) in [5.41, 5.74) is 4.85. The maximum absolute atomic E-state index is 12.3. The van der Waals surface area contributed by atoms with Crippen molar-refractivity contribution in [3.8, 4) is 0 Å². The number of halogens is 2. The van der Waals surface area contributed by atoms with Crippen LogP contribution in [-0.4, -0.2) is 10.9 Å². The largest absolute Gasteiger partial charge is 0.323 e. The number of carbonyl (C=O) groups is 1. The predicted octanol–water partition coefficient (Wildman–Crippen LogP) is 3.45. The SMILES string of the molecule is Cc1cc(NN)c(C(=O)Nc2cc(Br)ccc2Br)cn1. The standard InChI is InChI=1S/C13H12Br2N4O/c1-7-4-11(19-16)9(6-17-7)13(20)18-12-5-8(14)2-3-10(12)15/h2-6H,16H2,1H3,(H,17,19)(H,18,20). The number of hydrogen-bond acceptors (Lipinski definition) is 4. The summed E-state index contributed by atoms with van der Waals surface area (Å²) >= 11 is 6.75. The molecule has 7 heteroatoms. The molecule has 0 radical (unpaired) electrons. The van der Waals surface area contributed by atoms with Crippen LogP contribution in [0.4, 0.5) is 11.4 Å². The van der Waals surface area contributed by atoms with Crippen molar-refractivity contribution in [2.24, 2.45) is 5.84 Å². The number of benzene rings is 1. The molecule has 0 atom stereocenters. The second-order valence-corrected chi connectivity index (χ2v) is 5.86. The van der Waals surface area contributed by atoms with E-state index in [1.165, 1.54) is 6.20 Å². The topological polar surface area (TPSA) is 80.0 Å². The smallest absolute Gasteiger partial charge is 0.259 e. The Bertz CT molecular complexity index is 661. The van der Waals surface area contributed by atoms with Crippen molar-refractivity contribution in [3.63, 3.8) is 0 Å². The molecule has 20 heavy (non-hydrogen) atoms. The predicted molar refractivity (Wildman–Crippen MR) is 86.6 cm³/mol. The first-order chi connectivity index (χ1) is 9.51. The highest BCUT2D eigenvalue weighted by Crippen LogP contribution is 2.27. The molecule has 1 aromatic carbocycles. The summed E-state index contributed by atoms with van der Waals surface area (Å²) in [6, 6.07) is 7.24. The Morgan fingerprint density at radius 2 is 2.00 bits per heavy atom. The molecule has 1 heterocycles. The average molecular weight is 400 g/mol. The van der Waals surface area contributed by atoms with Gasteiger partial charge in [0.2, 0.25) is 0 Å². The van der Waals surface area contributed by atoms with Crippen LogP contribution in [0.2, 0.25) is 0 Å². The van der Waals surface area contributed by atoms with E-state index in [9.17, 15) is 4.79 Å². The number of amides is 1. The Morgan fingerprint density at radius 1 is 1.25 bits per heavy atom. The van der Waals surface area contributed by atoms with Gasteiger partial charge in [-0.25, -0.2) is 0 Å². The Kier molecular flexibility index (Phi) is 4.74. The Labute approximate surface area is 133 Å². The number of aromatic nitrogens is 1. The van der Waals surface area contributed by atoms with Gasteiger partial charge in [-0.05, 0) is 47.1 Å². The van der Waals surface area contributed by atoms with Gasteiger partial charge in [-0.1, -0.05) is 15.9 Å². The molecule has 0 saturated heterocycles. The van der Waals surface area contributed by atoms with Gasteiger partial charge in [0.15, 0.2) is 0 Å². The molecular formula is C13H12Br2N4O. The summed E-state index contributed by atoms with van der Waals surface area (Å²) in [5.74, 6) is 5.14. The average Bonchev–Trinajstić information content (AvgIpc) is 2.42. The maximum atomic E-state index is 12.3. The molecule has 5 nitrogen and oxygen atoms in total. The molecule has 2 rings (SSSR count). The minimum absolute atomic E-state index is 0.288.